The quantitative estimate of drug-likeness (QED) is 0.171. The molecule has 6 rings (SSSR count). The van der Waals surface area contributed by atoms with Crippen molar-refractivity contribution in [3.63, 3.8) is 0 Å². The average Bonchev–Trinajstić information content (AvgIpc) is 3.01. The zero-order chi connectivity index (χ0) is 27.5. The molecule has 0 saturated carbocycles. The second kappa shape index (κ2) is 10.6. The molecule has 3 heteroatoms. The van der Waals surface area contributed by atoms with Crippen LogP contribution < -0.4 is 4.90 Å². The lowest BCUT2D eigenvalue weighted by atomic mass is 9.91. The Bertz CT molecular complexity index is 1950. The number of hydrogen-bond acceptors (Lipinski definition) is 3. The van der Waals surface area contributed by atoms with Gasteiger partial charge in [-0.3, -0.25) is 0 Å². The van der Waals surface area contributed by atoms with Crippen LogP contribution in [-0.2, 0) is 0 Å². The van der Waals surface area contributed by atoms with Gasteiger partial charge in [0, 0.05) is 27.8 Å². The predicted octanol–water partition coefficient (Wildman–Crippen LogP) is 9.68. The third kappa shape index (κ3) is 4.58. The van der Waals surface area contributed by atoms with Gasteiger partial charge in [-0.15, -0.1) is 0 Å². The van der Waals surface area contributed by atoms with Crippen LogP contribution in [0.25, 0.3) is 33.7 Å². The fraction of sp³-hybridized carbons (Fsp3) is 0.0270. The van der Waals surface area contributed by atoms with Crippen LogP contribution in [0.3, 0.4) is 0 Å². The Morgan fingerprint density at radius 2 is 1.00 bits per heavy atom. The second-order valence-electron chi connectivity index (χ2n) is 9.76. The SMILES string of the molecule is Cc1ccc(N(c2ccccc2)c2ccc(/C=C/c3ccc4c(C#N)c(C#N)c5ccccc5c4c3)cc2)cc1. The van der Waals surface area contributed by atoms with Gasteiger partial charge >= 0.3 is 0 Å². The standard InChI is InChI=1S/C37H25N3/c1-26-11-18-30(19-12-26)40(29-7-3-2-4-8-29)31-20-15-27(16-21-31)13-14-28-17-22-34-35(23-28)32-9-5-6-10-33(32)36(24-38)37(34)25-39/h2-23H,1H3/b14-13+. The molecule has 0 saturated heterocycles. The number of nitrogens with zero attached hydrogens (tertiary/aromatic N) is 3. The minimum absolute atomic E-state index is 0.430. The third-order valence-corrected chi connectivity index (χ3v) is 7.20. The van der Waals surface area contributed by atoms with Crippen molar-refractivity contribution in [3.05, 3.63) is 149 Å². The van der Waals surface area contributed by atoms with Gasteiger partial charge in [-0.25, -0.2) is 0 Å². The average molecular weight is 512 g/mol. The molecule has 0 N–H and O–H groups in total. The minimum atomic E-state index is 0.430. The molecule has 6 aromatic carbocycles. The van der Waals surface area contributed by atoms with Gasteiger partial charge in [0.1, 0.15) is 12.1 Å². The topological polar surface area (TPSA) is 50.8 Å². The van der Waals surface area contributed by atoms with E-state index in [0.717, 1.165) is 49.7 Å². The lowest BCUT2D eigenvalue weighted by Crippen LogP contribution is -2.09. The summed E-state index contributed by atoms with van der Waals surface area (Å²) in [5.74, 6) is 0. The Morgan fingerprint density at radius 3 is 1.65 bits per heavy atom. The van der Waals surface area contributed by atoms with Crippen molar-refractivity contribution in [2.24, 2.45) is 0 Å². The highest BCUT2D eigenvalue weighted by atomic mass is 15.1. The lowest BCUT2D eigenvalue weighted by Gasteiger charge is -2.25. The summed E-state index contributed by atoms with van der Waals surface area (Å²) in [6.07, 6.45) is 4.18. The fourth-order valence-corrected chi connectivity index (χ4v) is 5.19. The van der Waals surface area contributed by atoms with E-state index in [2.05, 4.69) is 115 Å². The highest BCUT2D eigenvalue weighted by Gasteiger charge is 2.14. The molecule has 0 aliphatic rings. The lowest BCUT2D eigenvalue weighted by molar-refractivity contribution is 1.27. The van der Waals surface area contributed by atoms with Crippen LogP contribution in [0.2, 0.25) is 0 Å². The molecule has 0 amide bonds. The first-order valence-corrected chi connectivity index (χ1v) is 13.1. The van der Waals surface area contributed by atoms with Gasteiger partial charge < -0.3 is 4.90 Å². The Balaban J connectivity index is 1.35. The first kappa shape index (κ1) is 24.7. The Morgan fingerprint density at radius 1 is 0.500 bits per heavy atom. The smallest absolute Gasteiger partial charge is 0.101 e. The van der Waals surface area contributed by atoms with Crippen LogP contribution in [0.5, 0.6) is 0 Å². The number of rotatable bonds is 5. The number of para-hydroxylation sites is 1. The van der Waals surface area contributed by atoms with Gasteiger partial charge in [0.15, 0.2) is 0 Å². The molecule has 40 heavy (non-hydrogen) atoms. The van der Waals surface area contributed by atoms with Crippen LogP contribution in [0.15, 0.2) is 121 Å². The van der Waals surface area contributed by atoms with Crippen molar-refractivity contribution in [3.8, 4) is 12.1 Å². The number of anilines is 3. The molecule has 0 fully saturated rings. The van der Waals surface area contributed by atoms with E-state index in [-0.39, 0.29) is 0 Å². The molecule has 188 valence electrons. The summed E-state index contributed by atoms with van der Waals surface area (Å²) in [4.78, 5) is 2.25. The molecule has 6 aromatic rings. The van der Waals surface area contributed by atoms with Crippen molar-refractivity contribution in [2.45, 2.75) is 6.92 Å². The summed E-state index contributed by atoms with van der Waals surface area (Å²) in [6.45, 7) is 2.10. The zero-order valence-corrected chi connectivity index (χ0v) is 22.0. The Kier molecular flexibility index (Phi) is 6.55. The van der Waals surface area contributed by atoms with Crippen LogP contribution in [0.4, 0.5) is 17.1 Å². The highest BCUT2D eigenvalue weighted by Crippen LogP contribution is 2.35. The van der Waals surface area contributed by atoms with E-state index >= 15 is 0 Å². The summed E-state index contributed by atoms with van der Waals surface area (Å²) in [6, 6.07) is 45.8. The summed E-state index contributed by atoms with van der Waals surface area (Å²) in [7, 11) is 0. The highest BCUT2D eigenvalue weighted by molar-refractivity contribution is 6.13. The van der Waals surface area contributed by atoms with E-state index in [1.807, 2.05) is 42.5 Å². The molecule has 0 heterocycles. The van der Waals surface area contributed by atoms with Gasteiger partial charge in [-0.1, -0.05) is 96.6 Å². The van der Waals surface area contributed by atoms with Gasteiger partial charge in [0.05, 0.1) is 11.1 Å². The first-order chi connectivity index (χ1) is 19.7. The molecule has 0 atom stereocenters. The summed E-state index contributed by atoms with van der Waals surface area (Å²) in [5, 5.41) is 23.1. The molecule has 0 unspecified atom stereocenters. The molecule has 0 aliphatic carbocycles. The maximum Gasteiger partial charge on any atom is 0.101 e. The molecule has 0 bridgehead atoms. The number of nitriles is 2. The van der Waals surface area contributed by atoms with Gasteiger partial charge in [0.25, 0.3) is 0 Å². The van der Waals surface area contributed by atoms with Crippen LogP contribution >= 0.6 is 0 Å². The van der Waals surface area contributed by atoms with E-state index in [4.69, 9.17) is 0 Å². The Hall–Kier alpha value is -5.64. The van der Waals surface area contributed by atoms with E-state index < -0.39 is 0 Å². The predicted molar refractivity (Wildman–Crippen MR) is 166 cm³/mol. The van der Waals surface area contributed by atoms with E-state index in [1.165, 1.54) is 5.56 Å². The van der Waals surface area contributed by atoms with Crippen molar-refractivity contribution in [1.29, 1.82) is 10.5 Å². The summed E-state index contributed by atoms with van der Waals surface area (Å²) < 4.78 is 0. The van der Waals surface area contributed by atoms with Crippen molar-refractivity contribution in [1.82, 2.24) is 0 Å². The van der Waals surface area contributed by atoms with E-state index in [0.29, 0.717) is 11.1 Å². The van der Waals surface area contributed by atoms with Crippen molar-refractivity contribution < 1.29 is 0 Å². The number of hydrogen-bond donors (Lipinski definition) is 0. The fourth-order valence-electron chi connectivity index (χ4n) is 5.19. The summed E-state index contributed by atoms with van der Waals surface area (Å²) >= 11 is 0. The molecular formula is C37H25N3. The Labute approximate surface area is 234 Å². The van der Waals surface area contributed by atoms with Gasteiger partial charge in [-0.2, -0.15) is 10.5 Å². The maximum atomic E-state index is 9.83. The monoisotopic (exact) mass is 511 g/mol. The molecular weight excluding hydrogens is 486 g/mol. The first-order valence-electron chi connectivity index (χ1n) is 13.1. The van der Waals surface area contributed by atoms with Gasteiger partial charge in [-0.05, 0) is 71.3 Å². The number of aryl methyl sites for hydroxylation is 1. The molecule has 0 spiro atoms. The van der Waals surface area contributed by atoms with Crippen molar-refractivity contribution in [2.75, 3.05) is 4.90 Å². The maximum absolute atomic E-state index is 9.83. The van der Waals surface area contributed by atoms with E-state index in [9.17, 15) is 10.5 Å². The van der Waals surface area contributed by atoms with E-state index in [1.54, 1.807) is 0 Å². The zero-order valence-electron chi connectivity index (χ0n) is 22.0. The van der Waals surface area contributed by atoms with Crippen molar-refractivity contribution >= 4 is 50.8 Å². The number of fused-ring (bicyclic) bond motifs is 3. The molecule has 0 aliphatic heterocycles. The van der Waals surface area contributed by atoms with Crippen LogP contribution in [-0.4, -0.2) is 0 Å². The van der Waals surface area contributed by atoms with Crippen LogP contribution in [0.1, 0.15) is 27.8 Å². The second-order valence-corrected chi connectivity index (χ2v) is 9.76. The number of benzene rings is 6. The minimum Gasteiger partial charge on any atom is -0.311 e. The summed E-state index contributed by atoms with van der Waals surface area (Å²) in [5.41, 5.74) is 7.51. The third-order valence-electron chi connectivity index (χ3n) is 7.20. The normalized spacial score (nSPS) is 11.0. The molecule has 3 nitrogen and oxygen atoms in total. The largest absolute Gasteiger partial charge is 0.311 e. The molecule has 0 radical (unpaired) electrons. The van der Waals surface area contributed by atoms with Crippen LogP contribution in [0, 0.1) is 29.6 Å². The van der Waals surface area contributed by atoms with Gasteiger partial charge in [0.2, 0.25) is 0 Å². The molecule has 0 aromatic heterocycles.